The molecule has 0 spiro atoms. The van der Waals surface area contributed by atoms with Crippen molar-refractivity contribution in [3.05, 3.63) is 36.8 Å². The van der Waals surface area contributed by atoms with Gasteiger partial charge in [-0.2, -0.15) is 5.10 Å². The van der Waals surface area contributed by atoms with Crippen molar-refractivity contribution in [3.63, 3.8) is 0 Å². The second kappa shape index (κ2) is 7.32. The molecule has 1 aliphatic rings. The van der Waals surface area contributed by atoms with Crippen LogP contribution in [0.4, 0.5) is 5.82 Å². The molecule has 1 aliphatic heterocycles. The first-order chi connectivity index (χ1) is 14.9. The molecule has 0 aliphatic carbocycles. The Balaban J connectivity index is 1.62. The number of hydrogen-bond acceptors (Lipinski definition) is 6. The van der Waals surface area contributed by atoms with Crippen LogP contribution in [0.5, 0.6) is 0 Å². The van der Waals surface area contributed by atoms with Gasteiger partial charge in [0.25, 0.3) is 0 Å². The Hall–Kier alpha value is -2.97. The molecule has 0 unspecified atom stereocenters. The summed E-state index contributed by atoms with van der Waals surface area (Å²) < 4.78 is 1.89. The van der Waals surface area contributed by atoms with Gasteiger partial charge in [-0.25, -0.2) is 9.97 Å². The van der Waals surface area contributed by atoms with E-state index in [2.05, 4.69) is 51.3 Å². The largest absolute Gasteiger partial charge is 0.388 e. The fraction of sp³-hybridized carbons (Fsp3) is 0.435. The molecule has 0 bridgehead atoms. The number of piperazine rings is 1. The van der Waals surface area contributed by atoms with Crippen molar-refractivity contribution in [1.82, 2.24) is 30.0 Å². The van der Waals surface area contributed by atoms with Crippen LogP contribution in [-0.2, 0) is 7.05 Å². The van der Waals surface area contributed by atoms with E-state index >= 15 is 0 Å². The number of fused-ring (bicyclic) bond motifs is 2. The first-order valence-electron chi connectivity index (χ1n) is 10.8. The second-order valence-electron chi connectivity index (χ2n) is 8.97. The summed E-state index contributed by atoms with van der Waals surface area (Å²) >= 11 is 0. The maximum Gasteiger partial charge on any atom is 0.140 e. The Morgan fingerprint density at radius 3 is 2.94 bits per heavy atom. The van der Waals surface area contributed by atoms with Gasteiger partial charge in [-0.3, -0.25) is 4.68 Å². The Labute approximate surface area is 181 Å². The van der Waals surface area contributed by atoms with Crippen LogP contribution in [0, 0.1) is 5.92 Å². The van der Waals surface area contributed by atoms with Crippen molar-refractivity contribution in [1.29, 1.82) is 0 Å². The number of aromatic amines is 1. The van der Waals surface area contributed by atoms with Crippen molar-refractivity contribution >= 4 is 27.8 Å². The van der Waals surface area contributed by atoms with Gasteiger partial charge in [-0.05, 0) is 31.0 Å². The molecule has 31 heavy (non-hydrogen) atoms. The summed E-state index contributed by atoms with van der Waals surface area (Å²) in [6.45, 7) is 8.33. The first kappa shape index (κ1) is 20.0. The molecule has 5 rings (SSSR count). The lowest BCUT2D eigenvalue weighted by Crippen LogP contribution is -2.62. The average molecular weight is 420 g/mol. The predicted octanol–water partition coefficient (Wildman–Crippen LogP) is 2.70. The van der Waals surface area contributed by atoms with Crippen molar-refractivity contribution in [2.24, 2.45) is 13.0 Å². The third kappa shape index (κ3) is 3.26. The van der Waals surface area contributed by atoms with Crippen molar-refractivity contribution < 1.29 is 5.11 Å². The number of anilines is 1. The molecule has 0 saturated carbocycles. The number of pyridine rings is 2. The maximum absolute atomic E-state index is 11.1. The van der Waals surface area contributed by atoms with E-state index in [-0.39, 0.29) is 12.0 Å². The normalized spacial score (nSPS) is 19.4. The highest BCUT2D eigenvalue weighted by atomic mass is 16.3. The Bertz CT molecular complexity index is 1240. The molecule has 1 fully saturated rings. The number of rotatable bonds is 4. The minimum absolute atomic E-state index is 0.0456. The molecule has 162 valence electrons. The van der Waals surface area contributed by atoms with E-state index in [0.29, 0.717) is 6.54 Å². The first-order valence-corrected chi connectivity index (χ1v) is 10.8. The van der Waals surface area contributed by atoms with Crippen molar-refractivity contribution in [2.45, 2.75) is 32.4 Å². The Kier molecular flexibility index (Phi) is 4.71. The van der Waals surface area contributed by atoms with Crippen LogP contribution in [0.15, 0.2) is 36.8 Å². The molecule has 4 aromatic rings. The summed E-state index contributed by atoms with van der Waals surface area (Å²) in [6, 6.07) is 6.04. The highest BCUT2D eigenvalue weighted by Gasteiger charge is 2.38. The van der Waals surface area contributed by atoms with E-state index in [4.69, 9.17) is 4.98 Å². The molecule has 3 N–H and O–H groups in total. The summed E-state index contributed by atoms with van der Waals surface area (Å²) in [5.74, 6) is 1.05. The fourth-order valence-electron chi connectivity index (χ4n) is 4.41. The van der Waals surface area contributed by atoms with Gasteiger partial charge in [0.15, 0.2) is 0 Å². The summed E-state index contributed by atoms with van der Waals surface area (Å²) in [6.07, 6.45) is 5.64. The van der Waals surface area contributed by atoms with Crippen LogP contribution in [0.2, 0.25) is 0 Å². The summed E-state index contributed by atoms with van der Waals surface area (Å²) in [5, 5.41) is 21.2. The van der Waals surface area contributed by atoms with Crippen molar-refractivity contribution in [2.75, 3.05) is 24.5 Å². The quantitative estimate of drug-likeness (QED) is 0.471. The molecule has 0 aromatic carbocycles. The van der Waals surface area contributed by atoms with E-state index < -0.39 is 5.60 Å². The second-order valence-corrected chi connectivity index (χ2v) is 8.97. The molecule has 2 atom stereocenters. The number of hydrogen-bond donors (Lipinski definition) is 3. The molecule has 8 nitrogen and oxygen atoms in total. The monoisotopic (exact) mass is 419 g/mol. The number of aromatic nitrogens is 5. The zero-order valence-electron chi connectivity index (χ0n) is 18.4. The molecule has 0 radical (unpaired) electrons. The van der Waals surface area contributed by atoms with Gasteiger partial charge < -0.3 is 20.3 Å². The number of H-pyrrole nitrogens is 1. The smallest absolute Gasteiger partial charge is 0.140 e. The van der Waals surface area contributed by atoms with Crippen LogP contribution < -0.4 is 10.2 Å². The Morgan fingerprint density at radius 2 is 2.13 bits per heavy atom. The fourth-order valence-corrected chi connectivity index (χ4v) is 4.41. The number of aliphatic hydroxyl groups is 1. The molecular weight excluding hydrogens is 390 g/mol. The van der Waals surface area contributed by atoms with Gasteiger partial charge in [0.2, 0.25) is 0 Å². The average Bonchev–Trinajstić information content (AvgIpc) is 3.37. The van der Waals surface area contributed by atoms with Gasteiger partial charge in [0.05, 0.1) is 34.4 Å². The molecule has 0 amide bonds. The molecule has 5 heterocycles. The summed E-state index contributed by atoms with van der Waals surface area (Å²) in [7, 11) is 1.96. The third-order valence-corrected chi connectivity index (χ3v) is 6.80. The highest BCUT2D eigenvalue weighted by molar-refractivity contribution is 5.97. The van der Waals surface area contributed by atoms with Crippen LogP contribution in [0.25, 0.3) is 33.2 Å². The van der Waals surface area contributed by atoms with Crippen LogP contribution >= 0.6 is 0 Å². The van der Waals surface area contributed by atoms with Gasteiger partial charge in [0.1, 0.15) is 11.5 Å². The number of nitrogens with one attached hydrogen (secondary N) is 2. The van der Waals surface area contributed by atoms with E-state index in [1.807, 2.05) is 37.1 Å². The summed E-state index contributed by atoms with van der Waals surface area (Å²) in [5.41, 5.74) is 2.97. The van der Waals surface area contributed by atoms with Crippen LogP contribution in [-0.4, -0.2) is 61.1 Å². The number of nitrogens with zero attached hydrogens (tertiary/aromatic N) is 5. The van der Waals surface area contributed by atoms with E-state index in [1.165, 1.54) is 0 Å². The lowest BCUT2D eigenvalue weighted by molar-refractivity contribution is -0.0231. The van der Waals surface area contributed by atoms with Gasteiger partial charge >= 0.3 is 0 Å². The zero-order chi connectivity index (χ0) is 21.8. The van der Waals surface area contributed by atoms with Gasteiger partial charge in [0, 0.05) is 50.0 Å². The van der Waals surface area contributed by atoms with Crippen molar-refractivity contribution in [3.8, 4) is 11.3 Å². The van der Waals surface area contributed by atoms with Gasteiger partial charge in [-0.1, -0.05) is 13.8 Å². The van der Waals surface area contributed by atoms with Crippen LogP contribution in [0.3, 0.4) is 0 Å². The number of aryl methyl sites for hydroxylation is 1. The maximum atomic E-state index is 11.1. The molecule has 1 saturated heterocycles. The third-order valence-electron chi connectivity index (χ3n) is 6.80. The lowest BCUT2D eigenvalue weighted by atomic mass is 9.84. The summed E-state index contributed by atoms with van der Waals surface area (Å²) in [4.78, 5) is 15.1. The SMILES string of the molecule is CC(C)[C@@](C)(O)[C@@H]1CN(c2nc(-c3c[nH]c4ncccc34)cc3c2cnn3C)CCN1. The molecule has 4 aromatic heterocycles. The van der Waals surface area contributed by atoms with E-state index in [9.17, 15) is 5.11 Å². The lowest BCUT2D eigenvalue weighted by Gasteiger charge is -2.43. The van der Waals surface area contributed by atoms with E-state index in [1.54, 1.807) is 6.20 Å². The van der Waals surface area contributed by atoms with Crippen LogP contribution in [0.1, 0.15) is 20.8 Å². The minimum Gasteiger partial charge on any atom is -0.388 e. The molecular formula is C23H29N7O. The predicted molar refractivity (Wildman–Crippen MR) is 123 cm³/mol. The standard InChI is InChI=1S/C23H29N7O/c1-14(2)23(3,31)20-13-30(9-8-24-20)22-17-12-27-29(4)19(17)10-18(28-22)16-11-26-21-15(16)6-5-7-25-21/h5-7,10-12,14,20,24,31H,8-9,13H2,1-4H3,(H,25,26)/t20-,23+/m0/s1. The topological polar surface area (TPSA) is 94.9 Å². The highest BCUT2D eigenvalue weighted by Crippen LogP contribution is 2.34. The molecule has 8 heteroatoms. The minimum atomic E-state index is -0.813. The van der Waals surface area contributed by atoms with E-state index in [0.717, 1.165) is 52.1 Å². The zero-order valence-corrected chi connectivity index (χ0v) is 18.4. The Morgan fingerprint density at radius 1 is 1.29 bits per heavy atom. The van der Waals surface area contributed by atoms with Gasteiger partial charge in [-0.15, -0.1) is 0 Å².